The van der Waals surface area contributed by atoms with Crippen LogP contribution in [0.3, 0.4) is 0 Å². The molecule has 4 N–H and O–H groups in total. The van der Waals surface area contributed by atoms with Gasteiger partial charge in [0, 0.05) is 48.1 Å². The van der Waals surface area contributed by atoms with Crippen molar-refractivity contribution in [1.82, 2.24) is 0 Å². The minimum absolute atomic E-state index is 0. The number of carbonyl (C=O) groups is 4. The zero-order chi connectivity index (χ0) is 55.7. The van der Waals surface area contributed by atoms with Crippen LogP contribution in [0.25, 0.3) is 32.3 Å². The number of ether oxygens (including phenoxy) is 7. The van der Waals surface area contributed by atoms with Crippen LogP contribution in [0, 0.1) is 5.92 Å². The summed E-state index contributed by atoms with van der Waals surface area (Å²) >= 11 is 13.4. The van der Waals surface area contributed by atoms with Crippen LogP contribution < -0.4 is 14.2 Å². The fraction of sp³-hybridized carbons (Fsp3) is 0.316. The maximum atomic E-state index is 12.3. The molecule has 0 amide bonds. The number of thiocarbonyl (C=S) groups is 3. The number of allylic oxidation sites excluding steroid dienone is 1. The molecule has 6 aromatic rings. The molecule has 4 atom stereocenters. The molecule has 15 nitrogen and oxygen atoms in total. The summed E-state index contributed by atoms with van der Waals surface area (Å²) in [5.41, 5.74) is 3.06. The first-order chi connectivity index (χ1) is 35.2. The Morgan fingerprint density at radius 2 is 0.842 bits per heavy atom. The third kappa shape index (κ3) is 22.1. The number of esters is 2. The largest absolute Gasteiger partial charge is 0.513 e. The Labute approximate surface area is 467 Å². The van der Waals surface area contributed by atoms with Crippen molar-refractivity contribution in [3.63, 3.8) is 0 Å². The number of fused-ring (bicyclic) bond motifs is 3. The Morgan fingerprint density at radius 3 is 1.14 bits per heavy atom. The number of hydrogen-bond donors (Lipinski definition) is 2. The molecule has 0 aromatic heterocycles. The van der Waals surface area contributed by atoms with Gasteiger partial charge < -0.3 is 48.8 Å². The molecule has 76 heavy (non-hydrogen) atoms. The second-order valence-corrected chi connectivity index (χ2v) is 17.2. The van der Waals surface area contributed by atoms with Gasteiger partial charge in [0.05, 0.1) is 44.8 Å². The predicted octanol–water partition coefficient (Wildman–Crippen LogP) is 12.3. The molecular formula is C57H68O15S4. The molecule has 410 valence electrons. The van der Waals surface area contributed by atoms with Crippen molar-refractivity contribution in [3.8, 4) is 17.2 Å². The lowest BCUT2D eigenvalue weighted by Gasteiger charge is -2.14. The SMILES string of the molecule is CC.COc1ccc2cc([C@H](C)C(=O)O)ccc2c1.COc1ccc2cc([C@H](C)C(=O)OC(=S)OC/C(C)=C(/C)O)ccc2c1.COc1ccc2cc([C@H](C)C(=O)OC(=S)OCC(C)C(C)=O)ccc2c1.O.O=C=S.S. The number of benzene rings is 6. The van der Waals surface area contributed by atoms with Crippen molar-refractivity contribution in [2.45, 2.75) is 80.1 Å². The Hall–Kier alpha value is -6.99. The van der Waals surface area contributed by atoms with Crippen molar-refractivity contribution in [2.24, 2.45) is 5.92 Å². The zero-order valence-corrected chi connectivity index (χ0v) is 48.1. The summed E-state index contributed by atoms with van der Waals surface area (Å²) in [6.07, 6.45) is 0. The fourth-order valence-electron chi connectivity index (χ4n) is 6.31. The second-order valence-electron chi connectivity index (χ2n) is 16.3. The molecule has 19 heteroatoms. The van der Waals surface area contributed by atoms with Gasteiger partial charge in [-0.1, -0.05) is 93.6 Å². The highest BCUT2D eigenvalue weighted by Gasteiger charge is 2.22. The Kier molecular flexibility index (Phi) is 32.1. The smallest absolute Gasteiger partial charge is 0.360 e. The van der Waals surface area contributed by atoms with Gasteiger partial charge in [-0.2, -0.15) is 13.5 Å². The Bertz CT molecular complexity index is 2960. The average Bonchev–Trinajstić information content (AvgIpc) is 3.40. The molecule has 0 spiro atoms. The number of aliphatic hydroxyl groups excluding tert-OH is 1. The average molecular weight is 1120 g/mol. The summed E-state index contributed by atoms with van der Waals surface area (Å²) in [5.74, 6) is -1.10. The van der Waals surface area contributed by atoms with Crippen LogP contribution in [0.4, 0.5) is 0 Å². The lowest BCUT2D eigenvalue weighted by Crippen LogP contribution is -2.22. The van der Waals surface area contributed by atoms with Crippen molar-refractivity contribution in [2.75, 3.05) is 34.5 Å². The van der Waals surface area contributed by atoms with E-state index in [-0.39, 0.29) is 60.1 Å². The first-order valence-corrected chi connectivity index (χ1v) is 24.5. The molecule has 0 aliphatic rings. The van der Waals surface area contributed by atoms with Gasteiger partial charge in [-0.15, -0.1) is 0 Å². The summed E-state index contributed by atoms with van der Waals surface area (Å²) < 4.78 is 36.1. The van der Waals surface area contributed by atoms with Crippen LogP contribution in [0.15, 0.2) is 121 Å². The van der Waals surface area contributed by atoms with E-state index in [2.05, 4.69) is 12.2 Å². The van der Waals surface area contributed by atoms with E-state index < -0.39 is 35.7 Å². The van der Waals surface area contributed by atoms with Crippen LogP contribution in [0.5, 0.6) is 17.2 Å². The number of rotatable bonds is 14. The van der Waals surface area contributed by atoms with Crippen molar-refractivity contribution in [1.29, 1.82) is 0 Å². The minimum Gasteiger partial charge on any atom is -0.513 e. The number of carboxylic acid groups (broad SMARTS) is 1. The molecule has 0 heterocycles. The summed E-state index contributed by atoms with van der Waals surface area (Å²) in [6.45, 7) is 15.8. The molecule has 1 unspecified atom stereocenters. The first-order valence-electron chi connectivity index (χ1n) is 23.2. The monoisotopic (exact) mass is 1120 g/mol. The standard InChI is InChI=1S/2C20H22O5S.C14H14O3.C2H6.COS.H2O.H2S/c2*1-12(14(3)21)11-24-20(26)25-19(22)13(2)15-5-6-17-10-18(23-4)8-7-16(17)9-15;1-9(14(15)16)10-3-4-12-8-13(17-2)6-5-11(12)7-10;1-2;2-1-3;;/h5-10,13,21H,11H2,1-4H3;5-10,12-13H,11H2,1-4H3;3-9H,1-2H3,(H,15,16);1-2H3;;2*1H2/b14-12-;;;;;;/t13-;12?,13-;9-;;;;/m000..../s1. The molecule has 0 saturated heterocycles. The minimum atomic E-state index is -0.808. The van der Waals surface area contributed by atoms with Gasteiger partial charge in [0.2, 0.25) is 5.23 Å². The van der Waals surface area contributed by atoms with Gasteiger partial charge in [0.25, 0.3) is 0 Å². The molecule has 0 radical (unpaired) electrons. The summed E-state index contributed by atoms with van der Waals surface area (Å²) in [7, 11) is 4.87. The molecular weight excluding hydrogens is 1050 g/mol. The van der Waals surface area contributed by atoms with Gasteiger partial charge >= 0.3 is 28.4 Å². The predicted molar refractivity (Wildman–Crippen MR) is 313 cm³/mol. The van der Waals surface area contributed by atoms with Crippen LogP contribution in [0.1, 0.15) is 96.8 Å². The van der Waals surface area contributed by atoms with Crippen molar-refractivity contribution < 1.29 is 72.8 Å². The number of aliphatic carboxylic acids is 1. The van der Waals surface area contributed by atoms with Crippen molar-refractivity contribution in [3.05, 3.63) is 137 Å². The zero-order valence-electron chi connectivity index (χ0n) is 44.6. The number of methoxy groups -OCH3 is 3. The van der Waals surface area contributed by atoms with Crippen LogP contribution in [-0.2, 0) is 42.9 Å². The van der Waals surface area contributed by atoms with Crippen LogP contribution >= 0.6 is 50.1 Å². The summed E-state index contributed by atoms with van der Waals surface area (Å²) in [6, 6.07) is 34.4. The van der Waals surface area contributed by atoms with Gasteiger partial charge in [-0.25, -0.2) is 4.79 Å². The number of carbonyl (C=O) groups excluding carboxylic acids is 4. The molecule has 0 fully saturated rings. The van der Waals surface area contributed by atoms with Crippen LogP contribution in [0.2, 0.25) is 0 Å². The van der Waals surface area contributed by atoms with E-state index in [1.54, 1.807) is 62.9 Å². The third-order valence-corrected chi connectivity index (χ3v) is 11.7. The molecule has 6 aromatic carbocycles. The summed E-state index contributed by atoms with van der Waals surface area (Å²) in [5, 5.41) is 25.0. The first kappa shape index (κ1) is 69.0. The van der Waals surface area contributed by atoms with Gasteiger partial charge in [0.1, 0.15) is 36.2 Å². The van der Waals surface area contributed by atoms with E-state index in [0.29, 0.717) is 5.57 Å². The molecule has 0 aliphatic carbocycles. The number of carboxylic acids is 1. The highest BCUT2D eigenvalue weighted by molar-refractivity contribution is 7.80. The Balaban J connectivity index is 0.00000107. The molecule has 0 saturated carbocycles. The Morgan fingerprint density at radius 1 is 0.539 bits per heavy atom. The van der Waals surface area contributed by atoms with E-state index in [1.165, 1.54) is 6.92 Å². The number of Topliss-reactive ketones (excluding diaryl/α,β-unsaturated/α-hetero) is 1. The maximum absolute atomic E-state index is 12.3. The van der Waals surface area contributed by atoms with Gasteiger partial charge in [0.15, 0.2) is 0 Å². The summed E-state index contributed by atoms with van der Waals surface area (Å²) in [4.78, 5) is 55.2. The van der Waals surface area contributed by atoms with Crippen molar-refractivity contribution >= 4 is 122 Å². The lowest BCUT2D eigenvalue weighted by molar-refractivity contribution is -0.139. The van der Waals surface area contributed by atoms with Gasteiger partial charge in [-0.05, 0) is 127 Å². The second kappa shape index (κ2) is 35.3. The number of ketones is 1. The van der Waals surface area contributed by atoms with E-state index in [4.69, 9.17) is 67.5 Å². The normalized spacial score (nSPS) is 11.8. The maximum Gasteiger partial charge on any atom is 0.360 e. The molecule has 0 bridgehead atoms. The van der Waals surface area contributed by atoms with E-state index >= 15 is 0 Å². The van der Waals surface area contributed by atoms with Gasteiger partial charge in [-0.3, -0.25) is 19.2 Å². The highest BCUT2D eigenvalue weighted by atomic mass is 32.1. The van der Waals surface area contributed by atoms with Crippen LogP contribution in [-0.4, -0.2) is 89.6 Å². The molecule has 6 rings (SSSR count). The fourth-order valence-corrected chi connectivity index (χ4v) is 6.60. The topological polar surface area (TPSA) is 222 Å². The molecule has 0 aliphatic heterocycles. The van der Waals surface area contributed by atoms with E-state index in [0.717, 1.165) is 71.5 Å². The van der Waals surface area contributed by atoms with E-state index in [9.17, 15) is 24.3 Å². The quantitative estimate of drug-likeness (QED) is 0.0588. The highest BCUT2D eigenvalue weighted by Crippen LogP contribution is 2.29. The number of hydrogen-bond acceptors (Lipinski definition) is 16. The third-order valence-electron chi connectivity index (χ3n) is 11.3. The lowest BCUT2D eigenvalue weighted by atomic mass is 9.98. The van der Waals surface area contributed by atoms with E-state index in [1.807, 2.05) is 123 Å². The number of aliphatic hydroxyl groups is 1.